The number of rotatable bonds is 6. The number of hydrogen-bond acceptors (Lipinski definition) is 6. The van der Waals surface area contributed by atoms with Gasteiger partial charge in [0.2, 0.25) is 0 Å². The lowest BCUT2D eigenvalue weighted by atomic mass is 9.71. The number of ketones is 1. The van der Waals surface area contributed by atoms with Gasteiger partial charge in [0, 0.05) is 47.9 Å². The highest BCUT2D eigenvalue weighted by molar-refractivity contribution is 6.00. The Hall–Kier alpha value is -3.74. The minimum absolute atomic E-state index is 0.0511. The molecule has 0 radical (unpaired) electrons. The molecule has 1 heterocycles. The molecule has 0 saturated heterocycles. The Bertz CT molecular complexity index is 1110. The van der Waals surface area contributed by atoms with Crippen LogP contribution in [-0.2, 0) is 20.7 Å². The quantitative estimate of drug-likeness (QED) is 0.417. The number of nitro groups is 1. The van der Waals surface area contributed by atoms with Crippen LogP contribution in [0.1, 0.15) is 36.3 Å². The average Bonchev–Trinajstić information content (AvgIpc) is 2.79. The Morgan fingerprint density at radius 1 is 1.16 bits per heavy atom. The Labute approximate surface area is 185 Å². The van der Waals surface area contributed by atoms with E-state index in [1.54, 1.807) is 12.1 Å². The van der Waals surface area contributed by atoms with E-state index < -0.39 is 22.7 Å². The van der Waals surface area contributed by atoms with Crippen molar-refractivity contribution in [2.75, 3.05) is 6.61 Å². The Morgan fingerprint density at radius 2 is 1.94 bits per heavy atom. The summed E-state index contributed by atoms with van der Waals surface area (Å²) in [5.74, 6) is -2.08. The molecule has 2 atom stereocenters. The second-order valence-corrected chi connectivity index (χ2v) is 8.03. The molecular formula is C25H24N2O5. The van der Waals surface area contributed by atoms with Crippen molar-refractivity contribution in [1.29, 1.82) is 0 Å². The summed E-state index contributed by atoms with van der Waals surface area (Å²) in [5.41, 5.74) is 3.19. The maximum atomic E-state index is 13.2. The van der Waals surface area contributed by atoms with Gasteiger partial charge < -0.3 is 10.1 Å². The molecule has 164 valence electrons. The summed E-state index contributed by atoms with van der Waals surface area (Å²) in [6, 6.07) is 15.8. The molecule has 0 spiro atoms. The third-order valence-electron chi connectivity index (χ3n) is 5.96. The van der Waals surface area contributed by atoms with Gasteiger partial charge in [0.15, 0.2) is 5.78 Å². The van der Waals surface area contributed by atoms with Crippen molar-refractivity contribution >= 4 is 17.4 Å². The number of carbonyl (C=O) groups excluding carboxylic acids is 2. The Balaban J connectivity index is 1.66. The predicted octanol–water partition coefficient (Wildman–Crippen LogP) is 4.20. The lowest BCUT2D eigenvalue weighted by molar-refractivity contribution is -0.384. The van der Waals surface area contributed by atoms with Crippen LogP contribution in [0, 0.1) is 16.0 Å². The van der Waals surface area contributed by atoms with E-state index in [1.165, 1.54) is 12.1 Å². The van der Waals surface area contributed by atoms with Crippen LogP contribution in [0.15, 0.2) is 78.1 Å². The zero-order valence-corrected chi connectivity index (χ0v) is 17.6. The zero-order valence-electron chi connectivity index (χ0n) is 17.6. The summed E-state index contributed by atoms with van der Waals surface area (Å²) in [6.45, 7) is 4.23. The fourth-order valence-electron chi connectivity index (χ4n) is 4.47. The van der Waals surface area contributed by atoms with Crippen LogP contribution < -0.4 is 5.32 Å². The van der Waals surface area contributed by atoms with Crippen LogP contribution in [0.25, 0.3) is 0 Å². The van der Waals surface area contributed by atoms with E-state index in [-0.39, 0.29) is 18.1 Å². The number of nitrogens with one attached hydrogen (secondary N) is 1. The summed E-state index contributed by atoms with van der Waals surface area (Å²) in [5, 5.41) is 14.5. The molecule has 4 rings (SSSR count). The largest absolute Gasteiger partial charge is 0.465 e. The van der Waals surface area contributed by atoms with E-state index in [9.17, 15) is 19.7 Å². The van der Waals surface area contributed by atoms with Gasteiger partial charge in [-0.25, -0.2) is 0 Å². The third kappa shape index (κ3) is 4.32. The van der Waals surface area contributed by atoms with Crippen LogP contribution in [0.3, 0.4) is 0 Å². The van der Waals surface area contributed by atoms with Crippen LogP contribution in [0.4, 0.5) is 5.69 Å². The molecule has 0 saturated carbocycles. The van der Waals surface area contributed by atoms with Gasteiger partial charge in [-0.1, -0.05) is 49.0 Å². The second kappa shape index (κ2) is 9.18. The number of benzene rings is 2. The first-order valence-electron chi connectivity index (χ1n) is 10.6. The first-order valence-corrected chi connectivity index (χ1v) is 10.6. The normalized spacial score (nSPS) is 20.4. The molecule has 0 aromatic heterocycles. The highest BCUT2D eigenvalue weighted by atomic mass is 16.6. The first-order chi connectivity index (χ1) is 15.5. The average molecular weight is 432 g/mol. The number of ether oxygens (including phenoxy) is 1. The molecule has 7 heteroatoms. The van der Waals surface area contributed by atoms with Gasteiger partial charge in [0.05, 0.1) is 11.5 Å². The summed E-state index contributed by atoms with van der Waals surface area (Å²) >= 11 is 0. The molecule has 2 unspecified atom stereocenters. The zero-order chi connectivity index (χ0) is 22.7. The van der Waals surface area contributed by atoms with Crippen LogP contribution >= 0.6 is 0 Å². The number of esters is 1. The molecule has 2 aliphatic rings. The van der Waals surface area contributed by atoms with Crippen LogP contribution in [-0.4, -0.2) is 23.3 Å². The molecular weight excluding hydrogens is 408 g/mol. The highest BCUT2D eigenvalue weighted by Crippen LogP contribution is 2.44. The smallest absolute Gasteiger partial charge is 0.315 e. The number of hydrogen-bond donors (Lipinski definition) is 1. The van der Waals surface area contributed by atoms with Crippen molar-refractivity contribution in [2.45, 2.75) is 31.6 Å². The van der Waals surface area contributed by atoms with Gasteiger partial charge in [-0.05, 0) is 24.0 Å². The Kier molecular flexibility index (Phi) is 6.16. The molecule has 32 heavy (non-hydrogen) atoms. The topological polar surface area (TPSA) is 98.5 Å². The van der Waals surface area contributed by atoms with Gasteiger partial charge in [-0.3, -0.25) is 19.7 Å². The number of allylic oxidation sites excluding steroid dienone is 2. The van der Waals surface area contributed by atoms with Crippen LogP contribution in [0.2, 0.25) is 0 Å². The monoisotopic (exact) mass is 432 g/mol. The van der Waals surface area contributed by atoms with Gasteiger partial charge in [-0.2, -0.15) is 0 Å². The molecule has 0 fully saturated rings. The summed E-state index contributed by atoms with van der Waals surface area (Å²) in [6.07, 6.45) is 2.33. The molecule has 2 aromatic carbocycles. The number of carbonyl (C=O) groups is 2. The van der Waals surface area contributed by atoms with Gasteiger partial charge in [-0.15, -0.1) is 0 Å². The molecule has 2 aromatic rings. The van der Waals surface area contributed by atoms with E-state index in [0.717, 1.165) is 11.3 Å². The molecule has 1 aliphatic heterocycles. The van der Waals surface area contributed by atoms with Crippen molar-refractivity contribution in [2.24, 2.45) is 5.92 Å². The van der Waals surface area contributed by atoms with E-state index >= 15 is 0 Å². The fourth-order valence-corrected chi connectivity index (χ4v) is 4.47. The highest BCUT2D eigenvalue weighted by Gasteiger charge is 2.44. The number of non-ortho nitro benzene ring substituents is 1. The van der Waals surface area contributed by atoms with E-state index in [1.807, 2.05) is 30.3 Å². The van der Waals surface area contributed by atoms with E-state index in [0.29, 0.717) is 42.5 Å². The van der Waals surface area contributed by atoms with Crippen LogP contribution in [0.5, 0.6) is 0 Å². The summed E-state index contributed by atoms with van der Waals surface area (Å²) in [4.78, 5) is 36.9. The molecule has 7 nitrogen and oxygen atoms in total. The standard InChI is InChI=1S/C25H24N2O5/c1-16-22(25(29)32-14-13-17-7-3-2-4-8-17)23(18-9-5-10-19(15-18)27(30)31)24-20(26-16)11-6-12-21(24)28/h2-5,7-10,15,22-23,26H,1,6,11-14H2. The second-order valence-electron chi connectivity index (χ2n) is 8.03. The van der Waals surface area contributed by atoms with Crippen molar-refractivity contribution < 1.29 is 19.2 Å². The fraction of sp³-hybridized carbons (Fsp3) is 0.280. The molecule has 0 amide bonds. The van der Waals surface area contributed by atoms with Gasteiger partial charge in [0.25, 0.3) is 5.69 Å². The maximum Gasteiger partial charge on any atom is 0.315 e. The molecule has 0 bridgehead atoms. The maximum absolute atomic E-state index is 13.2. The first kappa shape index (κ1) is 21.5. The lowest BCUT2D eigenvalue weighted by Crippen LogP contribution is -2.41. The van der Waals surface area contributed by atoms with Crippen molar-refractivity contribution in [3.63, 3.8) is 0 Å². The lowest BCUT2D eigenvalue weighted by Gasteiger charge is -2.38. The van der Waals surface area contributed by atoms with Crippen molar-refractivity contribution in [1.82, 2.24) is 5.32 Å². The number of nitro benzene ring substituents is 1. The van der Waals surface area contributed by atoms with Crippen molar-refractivity contribution in [3.05, 3.63) is 99.4 Å². The SMILES string of the molecule is C=C1NC2=C(C(=O)CCC2)C(c2cccc([N+](=O)[O-])c2)C1C(=O)OCCc1ccccc1. The minimum Gasteiger partial charge on any atom is -0.465 e. The van der Waals surface area contributed by atoms with E-state index in [2.05, 4.69) is 11.9 Å². The third-order valence-corrected chi connectivity index (χ3v) is 5.96. The van der Waals surface area contributed by atoms with Gasteiger partial charge >= 0.3 is 5.97 Å². The van der Waals surface area contributed by atoms with Crippen molar-refractivity contribution in [3.8, 4) is 0 Å². The van der Waals surface area contributed by atoms with Gasteiger partial charge in [0.1, 0.15) is 5.92 Å². The minimum atomic E-state index is -0.853. The predicted molar refractivity (Wildman–Crippen MR) is 119 cm³/mol. The Morgan fingerprint density at radius 3 is 2.69 bits per heavy atom. The number of nitrogens with zero attached hydrogens (tertiary/aromatic N) is 1. The number of Topliss-reactive ketones (excluding diaryl/α,β-unsaturated/α-hetero) is 1. The van der Waals surface area contributed by atoms with E-state index in [4.69, 9.17) is 4.74 Å². The molecule has 1 aliphatic carbocycles. The molecule has 1 N–H and O–H groups in total. The summed E-state index contributed by atoms with van der Waals surface area (Å²) < 4.78 is 5.59. The summed E-state index contributed by atoms with van der Waals surface area (Å²) in [7, 11) is 0.